The fourth-order valence-corrected chi connectivity index (χ4v) is 3.99. The van der Waals surface area contributed by atoms with E-state index in [0.29, 0.717) is 28.7 Å². The molecule has 1 fully saturated rings. The quantitative estimate of drug-likeness (QED) is 0.753. The van der Waals surface area contributed by atoms with Crippen molar-refractivity contribution in [2.75, 3.05) is 16.9 Å². The third kappa shape index (κ3) is 3.70. The second-order valence-corrected chi connectivity index (χ2v) is 7.00. The van der Waals surface area contributed by atoms with E-state index >= 15 is 0 Å². The van der Waals surface area contributed by atoms with Crippen LogP contribution in [0, 0.1) is 0 Å². The molecule has 0 aliphatic carbocycles. The van der Waals surface area contributed by atoms with Gasteiger partial charge in [0.05, 0.1) is 17.8 Å². The Labute approximate surface area is 160 Å². The van der Waals surface area contributed by atoms with Crippen molar-refractivity contribution in [3.8, 4) is 5.82 Å². The number of carbonyl (C=O) groups excluding carboxylic acids is 2. The van der Waals surface area contributed by atoms with Gasteiger partial charge in [0.25, 0.3) is 5.91 Å². The van der Waals surface area contributed by atoms with E-state index in [4.69, 9.17) is 0 Å². The molecule has 1 unspecified atom stereocenters. The van der Waals surface area contributed by atoms with Gasteiger partial charge in [-0.1, -0.05) is 18.2 Å². The molecule has 3 aromatic rings. The smallest absolute Gasteiger partial charge is 0.255 e. The van der Waals surface area contributed by atoms with Gasteiger partial charge in [-0.25, -0.2) is 9.67 Å². The van der Waals surface area contributed by atoms with E-state index in [1.54, 1.807) is 64.2 Å². The lowest BCUT2D eigenvalue weighted by molar-refractivity contribution is -0.119. The Kier molecular flexibility index (Phi) is 4.88. The standard InChI is InChI=1S/C19H17N5O2S/c25-18(22-15-7-8-17(20-11-15)24-10-4-9-21-24)16-12-27-13-23(16)19(26)14-5-2-1-3-6-14/h1-11,16H,12-13H2,(H,22,25). The van der Waals surface area contributed by atoms with E-state index in [9.17, 15) is 9.59 Å². The summed E-state index contributed by atoms with van der Waals surface area (Å²) in [5.74, 6) is 1.40. The fraction of sp³-hybridized carbons (Fsp3) is 0.158. The zero-order chi connectivity index (χ0) is 18.6. The van der Waals surface area contributed by atoms with Crippen LogP contribution in [0.5, 0.6) is 0 Å². The van der Waals surface area contributed by atoms with Crippen molar-refractivity contribution in [2.24, 2.45) is 0 Å². The molecule has 0 spiro atoms. The average Bonchev–Trinajstić information content (AvgIpc) is 3.41. The highest BCUT2D eigenvalue weighted by atomic mass is 32.2. The van der Waals surface area contributed by atoms with Gasteiger partial charge in [0.1, 0.15) is 6.04 Å². The largest absolute Gasteiger partial charge is 0.323 e. The van der Waals surface area contributed by atoms with Crippen LogP contribution in [0.1, 0.15) is 10.4 Å². The monoisotopic (exact) mass is 379 g/mol. The van der Waals surface area contributed by atoms with E-state index in [-0.39, 0.29) is 11.8 Å². The molecule has 2 amide bonds. The van der Waals surface area contributed by atoms with Crippen molar-refractivity contribution in [3.63, 3.8) is 0 Å². The lowest BCUT2D eigenvalue weighted by atomic mass is 10.1. The minimum atomic E-state index is -0.506. The second kappa shape index (κ2) is 7.63. The molecule has 1 saturated heterocycles. The summed E-state index contributed by atoms with van der Waals surface area (Å²) in [6.45, 7) is 0. The third-order valence-electron chi connectivity index (χ3n) is 4.22. The Morgan fingerprint density at radius 2 is 1.96 bits per heavy atom. The summed E-state index contributed by atoms with van der Waals surface area (Å²) in [4.78, 5) is 31.3. The highest BCUT2D eigenvalue weighted by molar-refractivity contribution is 7.99. The second-order valence-electron chi connectivity index (χ2n) is 6.00. The van der Waals surface area contributed by atoms with Crippen molar-refractivity contribution >= 4 is 29.3 Å². The van der Waals surface area contributed by atoms with Gasteiger partial charge in [0.15, 0.2) is 5.82 Å². The van der Waals surface area contributed by atoms with Crippen LogP contribution in [0.2, 0.25) is 0 Å². The van der Waals surface area contributed by atoms with E-state index in [2.05, 4.69) is 15.4 Å². The summed E-state index contributed by atoms with van der Waals surface area (Å²) < 4.78 is 1.64. The van der Waals surface area contributed by atoms with Crippen molar-refractivity contribution in [3.05, 3.63) is 72.7 Å². The van der Waals surface area contributed by atoms with Crippen molar-refractivity contribution in [1.82, 2.24) is 19.7 Å². The lowest BCUT2D eigenvalue weighted by Gasteiger charge is -2.23. The first-order valence-electron chi connectivity index (χ1n) is 8.43. The van der Waals surface area contributed by atoms with Gasteiger partial charge in [0.2, 0.25) is 5.91 Å². The predicted molar refractivity (Wildman–Crippen MR) is 104 cm³/mol. The molecule has 1 N–H and O–H groups in total. The molecule has 136 valence electrons. The van der Waals surface area contributed by atoms with E-state index < -0.39 is 6.04 Å². The molecular formula is C19H17N5O2S. The van der Waals surface area contributed by atoms with E-state index in [1.165, 1.54) is 0 Å². The minimum absolute atomic E-state index is 0.132. The molecule has 0 bridgehead atoms. The lowest BCUT2D eigenvalue weighted by Crippen LogP contribution is -2.44. The summed E-state index contributed by atoms with van der Waals surface area (Å²) in [7, 11) is 0. The van der Waals surface area contributed by atoms with Gasteiger partial charge in [-0.3, -0.25) is 9.59 Å². The number of amides is 2. The summed E-state index contributed by atoms with van der Waals surface area (Å²) in [5.41, 5.74) is 1.17. The fourth-order valence-electron chi connectivity index (χ4n) is 2.83. The first kappa shape index (κ1) is 17.3. The van der Waals surface area contributed by atoms with Gasteiger partial charge in [-0.05, 0) is 30.3 Å². The van der Waals surface area contributed by atoms with E-state index in [0.717, 1.165) is 0 Å². The number of carbonyl (C=O) groups is 2. The number of pyridine rings is 1. The Bertz CT molecular complexity index is 929. The van der Waals surface area contributed by atoms with Crippen LogP contribution in [0.25, 0.3) is 5.82 Å². The van der Waals surface area contributed by atoms with Crippen LogP contribution in [0.4, 0.5) is 5.69 Å². The van der Waals surface area contributed by atoms with Gasteiger partial charge >= 0.3 is 0 Å². The third-order valence-corrected chi connectivity index (χ3v) is 5.23. The highest BCUT2D eigenvalue weighted by Gasteiger charge is 2.35. The zero-order valence-electron chi connectivity index (χ0n) is 14.4. The molecule has 1 aromatic carbocycles. The first-order chi connectivity index (χ1) is 13.2. The van der Waals surface area contributed by atoms with Crippen LogP contribution in [-0.2, 0) is 4.79 Å². The average molecular weight is 379 g/mol. The molecule has 8 heteroatoms. The summed E-state index contributed by atoms with van der Waals surface area (Å²) in [5, 5.41) is 6.97. The number of anilines is 1. The van der Waals surface area contributed by atoms with E-state index in [1.807, 2.05) is 24.3 Å². The number of thioether (sulfide) groups is 1. The van der Waals surface area contributed by atoms with Crippen LogP contribution < -0.4 is 5.32 Å². The Balaban J connectivity index is 1.45. The molecule has 7 nitrogen and oxygen atoms in total. The molecule has 0 saturated carbocycles. The van der Waals surface area contributed by atoms with Crippen LogP contribution in [-0.4, -0.2) is 49.2 Å². The number of hydrogen-bond donors (Lipinski definition) is 1. The van der Waals surface area contributed by atoms with Gasteiger partial charge in [0, 0.05) is 23.7 Å². The molecule has 0 radical (unpaired) electrons. The van der Waals surface area contributed by atoms with Crippen molar-refractivity contribution < 1.29 is 9.59 Å². The molecule has 1 aliphatic rings. The Hall–Kier alpha value is -3.13. The molecule has 1 atom stereocenters. The van der Waals surface area contributed by atoms with Crippen molar-refractivity contribution in [1.29, 1.82) is 0 Å². The topological polar surface area (TPSA) is 80.1 Å². The van der Waals surface area contributed by atoms with Gasteiger partial charge < -0.3 is 10.2 Å². The van der Waals surface area contributed by atoms with Crippen LogP contribution in [0.3, 0.4) is 0 Å². The number of nitrogens with one attached hydrogen (secondary N) is 1. The molecule has 2 aromatic heterocycles. The van der Waals surface area contributed by atoms with Crippen molar-refractivity contribution in [2.45, 2.75) is 6.04 Å². The minimum Gasteiger partial charge on any atom is -0.323 e. The number of rotatable bonds is 4. The molecule has 4 rings (SSSR count). The maximum atomic E-state index is 12.7. The molecule has 1 aliphatic heterocycles. The predicted octanol–water partition coefficient (Wildman–Crippen LogP) is 2.42. The SMILES string of the molecule is O=C(Nc1ccc(-n2cccn2)nc1)C1CSCN1C(=O)c1ccccc1. The number of nitrogens with zero attached hydrogens (tertiary/aromatic N) is 4. The van der Waals surface area contributed by atoms with Gasteiger partial charge in [-0.15, -0.1) is 11.8 Å². The molecular weight excluding hydrogens is 362 g/mol. The number of hydrogen-bond acceptors (Lipinski definition) is 5. The van der Waals surface area contributed by atoms with Gasteiger partial charge in [-0.2, -0.15) is 5.10 Å². The number of aromatic nitrogens is 3. The Morgan fingerprint density at radius 1 is 1.11 bits per heavy atom. The summed E-state index contributed by atoms with van der Waals surface area (Å²) in [6, 6.07) is 13.9. The summed E-state index contributed by atoms with van der Waals surface area (Å²) in [6.07, 6.45) is 5.05. The normalized spacial score (nSPS) is 16.3. The van der Waals surface area contributed by atoms with Crippen LogP contribution >= 0.6 is 11.8 Å². The highest BCUT2D eigenvalue weighted by Crippen LogP contribution is 2.24. The first-order valence-corrected chi connectivity index (χ1v) is 9.58. The summed E-state index contributed by atoms with van der Waals surface area (Å²) >= 11 is 1.57. The molecule has 3 heterocycles. The Morgan fingerprint density at radius 3 is 2.67 bits per heavy atom. The maximum Gasteiger partial charge on any atom is 0.255 e. The zero-order valence-corrected chi connectivity index (χ0v) is 15.2. The molecule has 27 heavy (non-hydrogen) atoms. The maximum absolute atomic E-state index is 12.7. The number of benzene rings is 1. The van der Waals surface area contributed by atoms with Crippen LogP contribution in [0.15, 0.2) is 67.1 Å².